The van der Waals surface area contributed by atoms with Crippen LogP contribution in [0.5, 0.6) is 5.75 Å². The number of aliphatic hydroxyl groups is 2. The molecule has 0 radical (unpaired) electrons. The van der Waals surface area contributed by atoms with Crippen LogP contribution in [0.25, 0.3) is 0 Å². The summed E-state index contributed by atoms with van der Waals surface area (Å²) in [6.07, 6.45) is -5.82. The van der Waals surface area contributed by atoms with Crippen LogP contribution in [0.3, 0.4) is 0 Å². The Kier molecular flexibility index (Phi) is 3.54. The Labute approximate surface area is 83.7 Å². The molecule has 0 aromatic heterocycles. The minimum absolute atomic E-state index is 0.326. The molecule has 0 amide bonds. The summed E-state index contributed by atoms with van der Waals surface area (Å²) in [5.41, 5.74) is 0.326. The standard InChI is InChI=1S/C9H9F3O3/c10-9(11,12)15-7-3-1-6(2-4-7)8(14)5-13/h1-4,8,13-14H,5H2/t8-/m0/s1. The first-order chi connectivity index (χ1) is 6.92. The first-order valence-corrected chi connectivity index (χ1v) is 4.07. The Morgan fingerprint density at radius 1 is 1.20 bits per heavy atom. The van der Waals surface area contributed by atoms with Crippen LogP contribution >= 0.6 is 0 Å². The van der Waals surface area contributed by atoms with Crippen molar-refractivity contribution in [1.29, 1.82) is 0 Å². The molecule has 0 saturated carbocycles. The highest BCUT2D eigenvalue weighted by Crippen LogP contribution is 2.24. The molecule has 2 N–H and O–H groups in total. The van der Waals surface area contributed by atoms with Crippen molar-refractivity contribution < 1.29 is 28.1 Å². The number of halogens is 3. The van der Waals surface area contributed by atoms with E-state index in [2.05, 4.69) is 4.74 Å². The van der Waals surface area contributed by atoms with Crippen molar-refractivity contribution in [3.8, 4) is 5.75 Å². The molecule has 0 aliphatic heterocycles. The number of hydrogen-bond donors (Lipinski definition) is 2. The summed E-state index contributed by atoms with van der Waals surface area (Å²) in [4.78, 5) is 0. The van der Waals surface area contributed by atoms with Gasteiger partial charge in [-0.05, 0) is 17.7 Å². The van der Waals surface area contributed by atoms with Crippen molar-refractivity contribution in [3.63, 3.8) is 0 Å². The van der Waals surface area contributed by atoms with Gasteiger partial charge in [0.1, 0.15) is 11.9 Å². The largest absolute Gasteiger partial charge is 0.573 e. The van der Waals surface area contributed by atoms with Gasteiger partial charge in [0.15, 0.2) is 0 Å². The average Bonchev–Trinajstić information content (AvgIpc) is 2.15. The van der Waals surface area contributed by atoms with Crippen molar-refractivity contribution in [2.24, 2.45) is 0 Å². The van der Waals surface area contributed by atoms with Crippen LogP contribution < -0.4 is 4.74 Å². The Morgan fingerprint density at radius 2 is 1.73 bits per heavy atom. The Morgan fingerprint density at radius 3 is 2.13 bits per heavy atom. The lowest BCUT2D eigenvalue weighted by Crippen LogP contribution is -2.17. The summed E-state index contributed by atoms with van der Waals surface area (Å²) in [6, 6.07) is 4.65. The minimum atomic E-state index is -4.73. The molecular formula is C9H9F3O3. The zero-order chi connectivity index (χ0) is 11.5. The van der Waals surface area contributed by atoms with Crippen molar-refractivity contribution >= 4 is 0 Å². The highest BCUT2D eigenvalue weighted by atomic mass is 19.4. The maximum Gasteiger partial charge on any atom is 0.573 e. The molecule has 15 heavy (non-hydrogen) atoms. The molecule has 0 bridgehead atoms. The number of aliphatic hydroxyl groups excluding tert-OH is 2. The zero-order valence-corrected chi connectivity index (χ0v) is 7.53. The quantitative estimate of drug-likeness (QED) is 0.816. The van der Waals surface area contributed by atoms with Crippen LogP contribution in [-0.2, 0) is 0 Å². The Hall–Kier alpha value is -1.27. The van der Waals surface area contributed by atoms with Gasteiger partial charge in [0.25, 0.3) is 0 Å². The van der Waals surface area contributed by atoms with Gasteiger partial charge in [0, 0.05) is 0 Å². The van der Waals surface area contributed by atoms with Gasteiger partial charge in [-0.2, -0.15) is 0 Å². The molecule has 84 valence electrons. The zero-order valence-electron chi connectivity index (χ0n) is 7.53. The molecule has 3 nitrogen and oxygen atoms in total. The van der Waals surface area contributed by atoms with Gasteiger partial charge in [-0.25, -0.2) is 0 Å². The number of benzene rings is 1. The van der Waals surface area contributed by atoms with E-state index in [1.165, 1.54) is 12.1 Å². The van der Waals surface area contributed by atoms with Gasteiger partial charge in [0.2, 0.25) is 0 Å². The fraction of sp³-hybridized carbons (Fsp3) is 0.333. The van der Waals surface area contributed by atoms with Crippen molar-refractivity contribution in [1.82, 2.24) is 0 Å². The second-order valence-corrected chi connectivity index (χ2v) is 2.82. The fourth-order valence-electron chi connectivity index (χ4n) is 0.997. The van der Waals surface area contributed by atoms with Crippen molar-refractivity contribution in [3.05, 3.63) is 29.8 Å². The van der Waals surface area contributed by atoms with Gasteiger partial charge in [0.05, 0.1) is 6.61 Å². The van der Waals surface area contributed by atoms with Gasteiger partial charge in [-0.15, -0.1) is 13.2 Å². The Bertz CT molecular complexity index is 307. The lowest BCUT2D eigenvalue weighted by atomic mass is 10.1. The molecular weight excluding hydrogens is 213 g/mol. The first kappa shape index (κ1) is 11.8. The molecule has 0 fully saturated rings. The molecule has 0 saturated heterocycles. The summed E-state index contributed by atoms with van der Waals surface area (Å²) in [5, 5.41) is 17.7. The van der Waals surface area contributed by atoms with Gasteiger partial charge in [-0.3, -0.25) is 0 Å². The third-order valence-electron chi connectivity index (χ3n) is 1.67. The lowest BCUT2D eigenvalue weighted by Gasteiger charge is -2.10. The normalized spacial score (nSPS) is 13.7. The molecule has 1 rings (SSSR count). The van der Waals surface area contributed by atoms with E-state index in [-0.39, 0.29) is 5.75 Å². The van der Waals surface area contributed by atoms with Gasteiger partial charge < -0.3 is 14.9 Å². The predicted octanol–water partition coefficient (Wildman–Crippen LogP) is 1.61. The van der Waals surface area contributed by atoms with E-state index in [0.29, 0.717) is 5.56 Å². The number of hydrogen-bond acceptors (Lipinski definition) is 3. The van der Waals surface area contributed by atoms with Crippen LogP contribution in [0.2, 0.25) is 0 Å². The SMILES string of the molecule is OC[C@H](O)c1ccc(OC(F)(F)F)cc1. The minimum Gasteiger partial charge on any atom is -0.406 e. The lowest BCUT2D eigenvalue weighted by molar-refractivity contribution is -0.274. The Balaban J connectivity index is 2.72. The third-order valence-corrected chi connectivity index (χ3v) is 1.67. The van der Waals surface area contributed by atoms with Crippen LogP contribution in [0.1, 0.15) is 11.7 Å². The highest BCUT2D eigenvalue weighted by Gasteiger charge is 2.30. The van der Waals surface area contributed by atoms with E-state index in [1.807, 2.05) is 0 Å². The molecule has 1 aromatic carbocycles. The smallest absolute Gasteiger partial charge is 0.406 e. The van der Waals surface area contributed by atoms with E-state index in [1.54, 1.807) is 0 Å². The topological polar surface area (TPSA) is 49.7 Å². The molecule has 0 aliphatic rings. The van der Waals surface area contributed by atoms with E-state index < -0.39 is 19.1 Å². The summed E-state index contributed by atoms with van der Waals surface area (Å²) in [6.45, 7) is -0.487. The van der Waals surface area contributed by atoms with E-state index in [4.69, 9.17) is 10.2 Å². The average molecular weight is 222 g/mol. The van der Waals surface area contributed by atoms with Crippen LogP contribution in [0, 0.1) is 0 Å². The second kappa shape index (κ2) is 4.50. The van der Waals surface area contributed by atoms with Crippen molar-refractivity contribution in [2.75, 3.05) is 6.61 Å². The van der Waals surface area contributed by atoms with E-state index in [0.717, 1.165) is 12.1 Å². The van der Waals surface area contributed by atoms with E-state index in [9.17, 15) is 13.2 Å². The summed E-state index contributed by atoms with van der Waals surface area (Å²) in [5.74, 6) is -0.364. The second-order valence-electron chi connectivity index (χ2n) is 2.82. The number of alkyl halides is 3. The summed E-state index contributed by atoms with van der Waals surface area (Å²) in [7, 11) is 0. The molecule has 0 spiro atoms. The molecule has 0 unspecified atom stereocenters. The summed E-state index contributed by atoms with van der Waals surface area (Å²) >= 11 is 0. The molecule has 0 aliphatic carbocycles. The van der Waals surface area contributed by atoms with Crippen LogP contribution in [-0.4, -0.2) is 23.2 Å². The number of ether oxygens (including phenoxy) is 1. The molecule has 0 heterocycles. The first-order valence-electron chi connectivity index (χ1n) is 4.07. The molecule has 6 heteroatoms. The predicted molar refractivity (Wildman–Crippen MR) is 45.2 cm³/mol. The van der Waals surface area contributed by atoms with Gasteiger partial charge >= 0.3 is 6.36 Å². The maximum atomic E-state index is 11.8. The molecule has 1 atom stereocenters. The highest BCUT2D eigenvalue weighted by molar-refractivity contribution is 5.28. The summed E-state index contributed by atoms with van der Waals surface area (Å²) < 4.78 is 38.9. The van der Waals surface area contributed by atoms with E-state index >= 15 is 0 Å². The van der Waals surface area contributed by atoms with Crippen molar-refractivity contribution in [2.45, 2.75) is 12.5 Å². The van der Waals surface area contributed by atoms with Crippen LogP contribution in [0.15, 0.2) is 24.3 Å². The van der Waals surface area contributed by atoms with Crippen LogP contribution in [0.4, 0.5) is 13.2 Å². The monoisotopic (exact) mass is 222 g/mol. The molecule has 1 aromatic rings. The fourth-order valence-corrected chi connectivity index (χ4v) is 0.997. The maximum absolute atomic E-state index is 11.8. The van der Waals surface area contributed by atoms with Gasteiger partial charge in [-0.1, -0.05) is 12.1 Å². The third kappa shape index (κ3) is 3.77. The number of rotatable bonds is 3.